The van der Waals surface area contributed by atoms with Gasteiger partial charge in [0.2, 0.25) is 0 Å². The lowest BCUT2D eigenvalue weighted by Gasteiger charge is -2.23. The van der Waals surface area contributed by atoms with Crippen LogP contribution in [0.2, 0.25) is 0 Å². The van der Waals surface area contributed by atoms with E-state index in [1.807, 2.05) is 55.6 Å². The van der Waals surface area contributed by atoms with Crippen LogP contribution in [0.3, 0.4) is 0 Å². The van der Waals surface area contributed by atoms with Crippen molar-refractivity contribution in [2.75, 3.05) is 25.7 Å². The standard InChI is InChI=1S/C25H28N2O5S/c1-17(2)26-24(28)16-32-22-12-7-18(14-23(22)31-4)25(29)27(15-21-6-5-13-33-21)19-8-10-20(30-3)11-9-19/h5-14,17H,15-16H2,1-4H3,(H,26,28). The molecule has 0 aliphatic carbocycles. The summed E-state index contributed by atoms with van der Waals surface area (Å²) in [5.41, 5.74) is 1.19. The molecule has 1 aromatic heterocycles. The van der Waals surface area contributed by atoms with Crippen LogP contribution in [0.25, 0.3) is 0 Å². The Balaban J connectivity index is 1.84. The lowest BCUT2D eigenvalue weighted by atomic mass is 10.1. The summed E-state index contributed by atoms with van der Waals surface area (Å²) in [6, 6.07) is 16.3. The molecular formula is C25H28N2O5S. The maximum absolute atomic E-state index is 13.5. The SMILES string of the molecule is COc1ccc(N(Cc2cccs2)C(=O)c2ccc(OCC(=O)NC(C)C)c(OC)c2)cc1. The minimum atomic E-state index is -0.228. The Bertz CT molecular complexity index is 1060. The minimum Gasteiger partial charge on any atom is -0.497 e. The molecule has 2 amide bonds. The minimum absolute atomic E-state index is 0.0234. The number of thiophene rings is 1. The average molecular weight is 469 g/mol. The van der Waals surface area contributed by atoms with Gasteiger partial charge in [-0.2, -0.15) is 0 Å². The van der Waals surface area contributed by atoms with Crippen molar-refractivity contribution >= 4 is 28.8 Å². The number of carbonyl (C=O) groups is 2. The van der Waals surface area contributed by atoms with Crippen LogP contribution in [-0.2, 0) is 11.3 Å². The molecule has 0 bridgehead atoms. The predicted molar refractivity (Wildman–Crippen MR) is 130 cm³/mol. The molecule has 3 aromatic rings. The second-order valence-electron chi connectivity index (χ2n) is 7.55. The first kappa shape index (κ1) is 24.1. The summed E-state index contributed by atoms with van der Waals surface area (Å²) < 4.78 is 16.3. The van der Waals surface area contributed by atoms with Gasteiger partial charge < -0.3 is 24.4 Å². The van der Waals surface area contributed by atoms with Gasteiger partial charge in [-0.15, -0.1) is 11.3 Å². The summed E-state index contributed by atoms with van der Waals surface area (Å²) in [6.07, 6.45) is 0. The highest BCUT2D eigenvalue weighted by Gasteiger charge is 2.21. The summed E-state index contributed by atoms with van der Waals surface area (Å²) in [6.45, 7) is 4.05. The maximum atomic E-state index is 13.5. The van der Waals surface area contributed by atoms with Crippen molar-refractivity contribution < 1.29 is 23.8 Å². The lowest BCUT2D eigenvalue weighted by Crippen LogP contribution is -2.34. The van der Waals surface area contributed by atoms with Crippen LogP contribution >= 0.6 is 11.3 Å². The molecule has 3 rings (SSSR count). The van der Waals surface area contributed by atoms with E-state index in [2.05, 4.69) is 5.32 Å². The second kappa shape index (κ2) is 11.4. The summed E-state index contributed by atoms with van der Waals surface area (Å²) >= 11 is 1.59. The van der Waals surface area contributed by atoms with E-state index >= 15 is 0 Å². The van der Waals surface area contributed by atoms with Gasteiger partial charge in [-0.3, -0.25) is 9.59 Å². The molecule has 0 aliphatic heterocycles. The number of methoxy groups -OCH3 is 2. The molecule has 33 heavy (non-hydrogen) atoms. The normalized spacial score (nSPS) is 10.6. The quantitative estimate of drug-likeness (QED) is 0.474. The maximum Gasteiger partial charge on any atom is 0.258 e. The van der Waals surface area contributed by atoms with E-state index in [9.17, 15) is 9.59 Å². The second-order valence-corrected chi connectivity index (χ2v) is 8.58. The molecule has 7 nitrogen and oxygen atoms in total. The molecule has 0 saturated carbocycles. The highest BCUT2D eigenvalue weighted by Crippen LogP contribution is 2.30. The van der Waals surface area contributed by atoms with Crippen molar-refractivity contribution in [2.45, 2.75) is 26.4 Å². The summed E-state index contributed by atoms with van der Waals surface area (Å²) in [4.78, 5) is 28.2. The average Bonchev–Trinajstić information content (AvgIpc) is 3.33. The molecular weight excluding hydrogens is 440 g/mol. The monoisotopic (exact) mass is 468 g/mol. The molecule has 1 N–H and O–H groups in total. The van der Waals surface area contributed by atoms with Gasteiger partial charge in [-0.25, -0.2) is 0 Å². The Labute approximate surface area is 197 Å². The van der Waals surface area contributed by atoms with E-state index < -0.39 is 0 Å². The van der Waals surface area contributed by atoms with Gasteiger partial charge in [0.25, 0.3) is 11.8 Å². The van der Waals surface area contributed by atoms with Crippen LogP contribution in [0.1, 0.15) is 29.1 Å². The highest BCUT2D eigenvalue weighted by atomic mass is 32.1. The van der Waals surface area contributed by atoms with E-state index in [1.54, 1.807) is 41.5 Å². The smallest absolute Gasteiger partial charge is 0.258 e. The molecule has 0 fully saturated rings. The van der Waals surface area contributed by atoms with Crippen LogP contribution in [0.15, 0.2) is 60.0 Å². The van der Waals surface area contributed by atoms with Gasteiger partial charge in [-0.05, 0) is 67.8 Å². The first-order chi connectivity index (χ1) is 15.9. The number of ether oxygens (including phenoxy) is 3. The number of carbonyl (C=O) groups excluding carboxylic acids is 2. The Kier molecular flexibility index (Phi) is 8.32. The molecule has 174 valence electrons. The van der Waals surface area contributed by atoms with Crippen molar-refractivity contribution in [3.05, 3.63) is 70.4 Å². The van der Waals surface area contributed by atoms with Crippen molar-refractivity contribution in [2.24, 2.45) is 0 Å². The van der Waals surface area contributed by atoms with Crippen LogP contribution in [-0.4, -0.2) is 38.7 Å². The van der Waals surface area contributed by atoms with Crippen LogP contribution < -0.4 is 24.4 Å². The third kappa shape index (κ3) is 6.49. The van der Waals surface area contributed by atoms with E-state index in [1.165, 1.54) is 7.11 Å². The van der Waals surface area contributed by atoms with Gasteiger partial charge in [0.05, 0.1) is 20.8 Å². The van der Waals surface area contributed by atoms with E-state index in [0.717, 1.165) is 10.6 Å². The zero-order valence-corrected chi connectivity index (χ0v) is 20.0. The Hall–Kier alpha value is -3.52. The lowest BCUT2D eigenvalue weighted by molar-refractivity contribution is -0.123. The van der Waals surface area contributed by atoms with Crippen molar-refractivity contribution in [1.82, 2.24) is 5.32 Å². The fraction of sp³-hybridized carbons (Fsp3) is 0.280. The van der Waals surface area contributed by atoms with Gasteiger partial charge >= 0.3 is 0 Å². The van der Waals surface area contributed by atoms with Crippen LogP contribution in [0.4, 0.5) is 5.69 Å². The molecule has 0 atom stereocenters. The van der Waals surface area contributed by atoms with Crippen molar-refractivity contribution in [1.29, 1.82) is 0 Å². The molecule has 0 radical (unpaired) electrons. The van der Waals surface area contributed by atoms with Crippen LogP contribution in [0, 0.1) is 0 Å². The van der Waals surface area contributed by atoms with Crippen molar-refractivity contribution in [3.63, 3.8) is 0 Å². The molecule has 8 heteroatoms. The van der Waals surface area contributed by atoms with Gasteiger partial charge in [0.15, 0.2) is 18.1 Å². The number of anilines is 1. The molecule has 0 saturated heterocycles. The zero-order valence-electron chi connectivity index (χ0n) is 19.2. The van der Waals surface area contributed by atoms with E-state index in [-0.39, 0.29) is 24.5 Å². The third-order valence-electron chi connectivity index (χ3n) is 4.74. The van der Waals surface area contributed by atoms with Gasteiger partial charge in [0.1, 0.15) is 5.75 Å². The first-order valence-electron chi connectivity index (χ1n) is 10.5. The number of hydrogen-bond donors (Lipinski definition) is 1. The molecule has 0 spiro atoms. The predicted octanol–water partition coefficient (Wildman–Crippen LogP) is 4.52. The van der Waals surface area contributed by atoms with Crippen molar-refractivity contribution in [3.8, 4) is 17.2 Å². The highest BCUT2D eigenvalue weighted by molar-refractivity contribution is 7.09. The largest absolute Gasteiger partial charge is 0.497 e. The first-order valence-corrected chi connectivity index (χ1v) is 11.4. The Morgan fingerprint density at radius 1 is 1.00 bits per heavy atom. The summed E-state index contributed by atoms with van der Waals surface area (Å²) in [7, 11) is 3.10. The number of rotatable bonds is 10. The number of nitrogens with one attached hydrogen (secondary N) is 1. The van der Waals surface area contributed by atoms with Gasteiger partial charge in [-0.1, -0.05) is 6.07 Å². The Morgan fingerprint density at radius 3 is 2.36 bits per heavy atom. The molecule has 2 aromatic carbocycles. The molecule has 0 unspecified atom stereocenters. The molecule has 0 aliphatic rings. The third-order valence-corrected chi connectivity index (χ3v) is 5.60. The van der Waals surface area contributed by atoms with E-state index in [4.69, 9.17) is 14.2 Å². The summed E-state index contributed by atoms with van der Waals surface area (Å²) in [5.74, 6) is 1.07. The van der Waals surface area contributed by atoms with Crippen LogP contribution in [0.5, 0.6) is 17.2 Å². The fourth-order valence-corrected chi connectivity index (χ4v) is 3.88. The number of amides is 2. The molecule has 1 heterocycles. The number of nitrogens with zero attached hydrogens (tertiary/aromatic N) is 1. The fourth-order valence-electron chi connectivity index (χ4n) is 3.18. The Morgan fingerprint density at radius 2 is 1.76 bits per heavy atom. The topological polar surface area (TPSA) is 77.1 Å². The number of hydrogen-bond acceptors (Lipinski definition) is 6. The van der Waals surface area contributed by atoms with Gasteiger partial charge in [0, 0.05) is 22.2 Å². The zero-order chi connectivity index (χ0) is 23.8. The van der Waals surface area contributed by atoms with E-state index in [0.29, 0.717) is 29.4 Å². The summed E-state index contributed by atoms with van der Waals surface area (Å²) in [5, 5.41) is 4.75. The number of benzene rings is 2.